The Hall–Kier alpha value is -1.68. The number of nitrogens with one attached hydrogen (secondary N) is 1. The molecule has 1 N–H and O–H groups in total. The highest BCUT2D eigenvalue weighted by molar-refractivity contribution is 5.32. The Kier molecular flexibility index (Phi) is 2.08. The SMILES string of the molecule is Fc1ccc(-n2ccc(C3[C@H]4CNC[C@@H]34)n2)cc1. The van der Waals surface area contributed by atoms with E-state index < -0.39 is 0 Å². The predicted molar refractivity (Wildman–Crippen MR) is 66.1 cm³/mol. The summed E-state index contributed by atoms with van der Waals surface area (Å²) in [6.45, 7) is 2.25. The first-order chi connectivity index (χ1) is 8.83. The minimum atomic E-state index is -0.214. The average Bonchev–Trinajstić information content (AvgIpc) is 2.83. The van der Waals surface area contributed by atoms with Crippen molar-refractivity contribution in [2.75, 3.05) is 13.1 Å². The number of benzene rings is 1. The molecule has 1 aliphatic heterocycles. The van der Waals surface area contributed by atoms with Crippen LogP contribution in [-0.4, -0.2) is 22.9 Å². The Bertz CT molecular complexity index is 565. The van der Waals surface area contributed by atoms with E-state index in [1.807, 2.05) is 10.9 Å². The van der Waals surface area contributed by atoms with Crippen LogP contribution in [0, 0.1) is 17.7 Å². The summed E-state index contributed by atoms with van der Waals surface area (Å²) in [6, 6.07) is 8.52. The van der Waals surface area contributed by atoms with E-state index in [-0.39, 0.29) is 5.82 Å². The van der Waals surface area contributed by atoms with Crippen LogP contribution in [0.1, 0.15) is 11.6 Å². The van der Waals surface area contributed by atoms with Crippen molar-refractivity contribution in [3.8, 4) is 5.69 Å². The Morgan fingerprint density at radius 1 is 1.11 bits per heavy atom. The fourth-order valence-electron chi connectivity index (χ4n) is 3.11. The van der Waals surface area contributed by atoms with Crippen LogP contribution in [-0.2, 0) is 0 Å². The summed E-state index contributed by atoms with van der Waals surface area (Å²) in [7, 11) is 0. The number of halogens is 1. The summed E-state index contributed by atoms with van der Waals surface area (Å²) >= 11 is 0. The molecule has 0 bridgehead atoms. The van der Waals surface area contributed by atoms with Crippen molar-refractivity contribution < 1.29 is 4.39 Å². The van der Waals surface area contributed by atoms with Crippen LogP contribution in [0.5, 0.6) is 0 Å². The van der Waals surface area contributed by atoms with E-state index in [4.69, 9.17) is 0 Å². The largest absolute Gasteiger partial charge is 0.316 e. The maximum absolute atomic E-state index is 12.9. The van der Waals surface area contributed by atoms with Crippen molar-refractivity contribution >= 4 is 0 Å². The first kappa shape index (κ1) is 10.3. The number of nitrogens with zero attached hydrogens (tertiary/aromatic N) is 2. The molecule has 4 rings (SSSR count). The molecule has 2 aromatic rings. The highest BCUT2D eigenvalue weighted by Crippen LogP contribution is 2.55. The van der Waals surface area contributed by atoms with Crippen molar-refractivity contribution in [1.82, 2.24) is 15.1 Å². The molecule has 1 aromatic carbocycles. The zero-order valence-corrected chi connectivity index (χ0v) is 9.88. The minimum absolute atomic E-state index is 0.214. The third kappa shape index (κ3) is 1.49. The van der Waals surface area contributed by atoms with Gasteiger partial charge >= 0.3 is 0 Å². The summed E-state index contributed by atoms with van der Waals surface area (Å²) < 4.78 is 14.7. The second-order valence-corrected chi connectivity index (χ2v) is 5.17. The molecule has 1 saturated heterocycles. The fraction of sp³-hybridized carbons (Fsp3) is 0.357. The lowest BCUT2D eigenvalue weighted by Gasteiger charge is -2.02. The minimum Gasteiger partial charge on any atom is -0.316 e. The van der Waals surface area contributed by atoms with Gasteiger partial charge in [0.2, 0.25) is 0 Å². The summed E-state index contributed by atoms with van der Waals surface area (Å²) in [4.78, 5) is 0. The third-order valence-corrected chi connectivity index (χ3v) is 4.13. The second-order valence-electron chi connectivity index (χ2n) is 5.17. The van der Waals surface area contributed by atoms with Gasteiger partial charge in [0.25, 0.3) is 0 Å². The second kappa shape index (κ2) is 3.65. The first-order valence-electron chi connectivity index (χ1n) is 6.35. The maximum atomic E-state index is 12.9. The van der Waals surface area contributed by atoms with E-state index in [0.29, 0.717) is 5.92 Å². The zero-order chi connectivity index (χ0) is 12.1. The van der Waals surface area contributed by atoms with Gasteiger partial charge in [-0.1, -0.05) is 0 Å². The standard InChI is InChI=1S/C14H14FN3/c15-9-1-3-10(4-2-9)18-6-5-13(17-18)14-11-7-16-8-12(11)14/h1-6,11-12,14,16H,7-8H2/t11-,12+,14?. The summed E-state index contributed by atoms with van der Waals surface area (Å²) in [5, 5.41) is 8.01. The van der Waals surface area contributed by atoms with Gasteiger partial charge in [-0.25, -0.2) is 9.07 Å². The van der Waals surface area contributed by atoms with E-state index in [1.54, 1.807) is 12.1 Å². The zero-order valence-electron chi connectivity index (χ0n) is 9.88. The summed E-state index contributed by atoms with van der Waals surface area (Å²) in [5.41, 5.74) is 2.09. The molecular formula is C14H14FN3. The molecule has 0 amide bonds. The van der Waals surface area contributed by atoms with E-state index in [0.717, 1.165) is 30.6 Å². The predicted octanol–water partition coefficient (Wildman–Crippen LogP) is 1.94. The van der Waals surface area contributed by atoms with E-state index >= 15 is 0 Å². The molecule has 1 aliphatic carbocycles. The van der Waals surface area contributed by atoms with Crippen molar-refractivity contribution in [2.24, 2.45) is 11.8 Å². The molecule has 1 aromatic heterocycles. The van der Waals surface area contributed by atoms with Crippen LogP contribution < -0.4 is 5.32 Å². The van der Waals surface area contributed by atoms with Crippen LogP contribution in [0.4, 0.5) is 4.39 Å². The molecule has 4 heteroatoms. The smallest absolute Gasteiger partial charge is 0.123 e. The Morgan fingerprint density at radius 3 is 2.56 bits per heavy atom. The Balaban J connectivity index is 1.60. The maximum Gasteiger partial charge on any atom is 0.123 e. The van der Waals surface area contributed by atoms with Crippen LogP contribution in [0.2, 0.25) is 0 Å². The molecular weight excluding hydrogens is 229 g/mol. The summed E-state index contributed by atoms with van der Waals surface area (Å²) in [5.74, 6) is 1.98. The van der Waals surface area contributed by atoms with E-state index in [2.05, 4.69) is 16.5 Å². The van der Waals surface area contributed by atoms with Crippen LogP contribution >= 0.6 is 0 Å². The number of fused-ring (bicyclic) bond motifs is 1. The number of rotatable bonds is 2. The van der Waals surface area contributed by atoms with Crippen LogP contribution in [0.3, 0.4) is 0 Å². The molecule has 1 unspecified atom stereocenters. The van der Waals surface area contributed by atoms with Gasteiger partial charge in [0, 0.05) is 12.1 Å². The van der Waals surface area contributed by atoms with Crippen molar-refractivity contribution in [1.29, 1.82) is 0 Å². The van der Waals surface area contributed by atoms with Gasteiger partial charge in [0.1, 0.15) is 5.82 Å². The van der Waals surface area contributed by atoms with Gasteiger partial charge in [-0.15, -0.1) is 0 Å². The van der Waals surface area contributed by atoms with Gasteiger partial charge in [-0.2, -0.15) is 5.10 Å². The molecule has 3 nitrogen and oxygen atoms in total. The molecule has 1 saturated carbocycles. The Morgan fingerprint density at radius 2 is 1.83 bits per heavy atom. The molecule has 2 aliphatic rings. The molecule has 2 fully saturated rings. The number of hydrogen-bond acceptors (Lipinski definition) is 2. The van der Waals surface area contributed by atoms with Gasteiger partial charge in [0.15, 0.2) is 0 Å². The lowest BCUT2D eigenvalue weighted by Crippen LogP contribution is -2.14. The van der Waals surface area contributed by atoms with Gasteiger partial charge < -0.3 is 5.32 Å². The molecule has 0 radical (unpaired) electrons. The molecule has 18 heavy (non-hydrogen) atoms. The topological polar surface area (TPSA) is 29.9 Å². The lowest BCUT2D eigenvalue weighted by atomic mass is 10.2. The van der Waals surface area contributed by atoms with Gasteiger partial charge in [0.05, 0.1) is 11.4 Å². The summed E-state index contributed by atoms with van der Waals surface area (Å²) in [6.07, 6.45) is 1.96. The third-order valence-electron chi connectivity index (χ3n) is 4.13. The fourth-order valence-corrected chi connectivity index (χ4v) is 3.11. The average molecular weight is 243 g/mol. The monoisotopic (exact) mass is 243 g/mol. The quantitative estimate of drug-likeness (QED) is 0.873. The molecule has 92 valence electrons. The lowest BCUT2D eigenvalue weighted by molar-refractivity contribution is 0.626. The van der Waals surface area contributed by atoms with Crippen molar-refractivity contribution in [3.05, 3.63) is 48.0 Å². The highest BCUT2D eigenvalue weighted by atomic mass is 19.1. The van der Waals surface area contributed by atoms with Gasteiger partial charge in [-0.3, -0.25) is 0 Å². The number of piperidine rings is 1. The van der Waals surface area contributed by atoms with E-state index in [9.17, 15) is 4.39 Å². The molecule has 0 spiro atoms. The number of hydrogen-bond donors (Lipinski definition) is 1. The first-order valence-corrected chi connectivity index (χ1v) is 6.35. The van der Waals surface area contributed by atoms with Crippen LogP contribution in [0.25, 0.3) is 5.69 Å². The van der Waals surface area contributed by atoms with Crippen molar-refractivity contribution in [2.45, 2.75) is 5.92 Å². The highest BCUT2D eigenvalue weighted by Gasteiger charge is 2.54. The number of aromatic nitrogens is 2. The van der Waals surface area contributed by atoms with E-state index in [1.165, 1.54) is 17.8 Å². The van der Waals surface area contributed by atoms with Crippen LogP contribution in [0.15, 0.2) is 36.5 Å². The van der Waals surface area contributed by atoms with Crippen molar-refractivity contribution in [3.63, 3.8) is 0 Å². The Labute approximate surface area is 105 Å². The van der Waals surface area contributed by atoms with Gasteiger partial charge in [-0.05, 0) is 55.3 Å². The molecule has 3 atom stereocenters. The molecule has 2 heterocycles. The normalized spacial score (nSPS) is 29.3.